The van der Waals surface area contributed by atoms with E-state index < -0.39 is 0 Å². The molecule has 4 rings (SSSR count). The van der Waals surface area contributed by atoms with Crippen LogP contribution in [-0.4, -0.2) is 33.2 Å². The molecule has 0 aliphatic heterocycles. The highest BCUT2D eigenvalue weighted by molar-refractivity contribution is 6.29. The Morgan fingerprint density at radius 1 is 1.00 bits per heavy atom. The number of methoxy groups -OCH3 is 1. The second-order valence-electron chi connectivity index (χ2n) is 6.83. The van der Waals surface area contributed by atoms with Crippen LogP contribution in [0.1, 0.15) is 11.1 Å². The van der Waals surface area contributed by atoms with E-state index in [1.54, 1.807) is 18.8 Å². The van der Waals surface area contributed by atoms with Gasteiger partial charge in [-0.25, -0.2) is 4.68 Å². The molecule has 0 aliphatic carbocycles. The molecule has 3 aromatic carbocycles. The number of aryl methyl sites for hydroxylation is 1. The van der Waals surface area contributed by atoms with Crippen LogP contribution >= 0.6 is 0 Å². The van der Waals surface area contributed by atoms with E-state index in [0.29, 0.717) is 22.8 Å². The van der Waals surface area contributed by atoms with Crippen molar-refractivity contribution in [3.63, 3.8) is 0 Å². The number of benzene rings is 3. The van der Waals surface area contributed by atoms with Crippen LogP contribution in [0, 0.1) is 0 Å². The number of nitrogens with one attached hydrogen (secondary N) is 1. The van der Waals surface area contributed by atoms with E-state index in [9.17, 15) is 4.79 Å². The number of anilines is 1. The van der Waals surface area contributed by atoms with Gasteiger partial charge in [0.2, 0.25) is 0 Å². The molecule has 1 heterocycles. The van der Waals surface area contributed by atoms with Crippen LogP contribution in [0.3, 0.4) is 0 Å². The molecule has 1 aromatic heterocycles. The summed E-state index contributed by atoms with van der Waals surface area (Å²) in [6, 6.07) is 24.5. The maximum absolute atomic E-state index is 13.3. The van der Waals surface area contributed by atoms with Crippen molar-refractivity contribution in [1.29, 1.82) is 0 Å². The maximum Gasteiger partial charge on any atom is 0.256 e. The highest BCUT2D eigenvalue weighted by atomic mass is 16.5. The van der Waals surface area contributed by atoms with Crippen molar-refractivity contribution in [3.05, 3.63) is 90.0 Å². The highest BCUT2D eigenvalue weighted by Crippen LogP contribution is 2.26. The zero-order chi connectivity index (χ0) is 21.6. The molecule has 0 saturated heterocycles. The first kappa shape index (κ1) is 20.0. The maximum atomic E-state index is 13.3. The Labute approximate surface area is 180 Å². The molecule has 1 N–H and O–H groups in total. The molecular weight excluding hydrogens is 390 g/mol. The first-order valence-corrected chi connectivity index (χ1v) is 9.70. The van der Waals surface area contributed by atoms with Gasteiger partial charge in [0, 0.05) is 29.4 Å². The quantitative estimate of drug-likeness (QED) is 0.382. The summed E-state index contributed by atoms with van der Waals surface area (Å²) in [5.41, 5.74) is 3.60. The fourth-order valence-electron chi connectivity index (χ4n) is 3.25. The zero-order valence-corrected chi connectivity index (χ0v) is 17.2. The van der Waals surface area contributed by atoms with Gasteiger partial charge in [0.15, 0.2) is 5.82 Å². The monoisotopic (exact) mass is 411 g/mol. The van der Waals surface area contributed by atoms with Crippen molar-refractivity contribution in [2.75, 3.05) is 12.4 Å². The van der Waals surface area contributed by atoms with Crippen molar-refractivity contribution < 1.29 is 9.53 Å². The van der Waals surface area contributed by atoms with Crippen LogP contribution in [0.2, 0.25) is 0 Å². The number of rotatable bonds is 6. The average Bonchev–Trinajstić information content (AvgIpc) is 3.24. The van der Waals surface area contributed by atoms with Gasteiger partial charge in [-0.2, -0.15) is 0 Å². The Kier molecular flexibility index (Phi) is 5.84. The molecule has 31 heavy (non-hydrogen) atoms. The van der Waals surface area contributed by atoms with Crippen LogP contribution in [-0.2, 0) is 11.8 Å². The van der Waals surface area contributed by atoms with E-state index in [0.717, 1.165) is 16.7 Å². The second kappa shape index (κ2) is 9.04. The van der Waals surface area contributed by atoms with Crippen LogP contribution in [0.25, 0.3) is 23.0 Å². The van der Waals surface area contributed by atoms with E-state index >= 15 is 0 Å². The normalized spacial score (nSPS) is 11.2. The molecule has 0 aliphatic rings. The number of hydrogen-bond donors (Lipinski definition) is 1. The van der Waals surface area contributed by atoms with E-state index in [-0.39, 0.29) is 5.91 Å². The summed E-state index contributed by atoms with van der Waals surface area (Å²) in [5, 5.41) is 14.6. The first-order valence-electron chi connectivity index (χ1n) is 9.70. The molecule has 0 saturated carbocycles. The van der Waals surface area contributed by atoms with Gasteiger partial charge in [-0.05, 0) is 40.3 Å². The lowest BCUT2D eigenvalue weighted by atomic mass is 10.0. The summed E-state index contributed by atoms with van der Waals surface area (Å²) < 4.78 is 7.03. The SMILES string of the molecule is COc1ccccc1/C=C(/C(=O)Nc1cccc(-c2nnnn2C)c1)c1ccccc1. The number of tetrazole rings is 1. The van der Waals surface area contributed by atoms with E-state index in [1.807, 2.05) is 84.9 Å². The van der Waals surface area contributed by atoms with Crippen molar-refractivity contribution in [3.8, 4) is 17.1 Å². The van der Waals surface area contributed by atoms with Crippen LogP contribution in [0.4, 0.5) is 5.69 Å². The van der Waals surface area contributed by atoms with E-state index in [2.05, 4.69) is 20.8 Å². The lowest BCUT2D eigenvalue weighted by Gasteiger charge is -2.12. The Morgan fingerprint density at radius 2 is 1.77 bits per heavy atom. The largest absolute Gasteiger partial charge is 0.496 e. The van der Waals surface area contributed by atoms with Gasteiger partial charge in [0.25, 0.3) is 5.91 Å². The lowest BCUT2D eigenvalue weighted by molar-refractivity contribution is -0.111. The zero-order valence-electron chi connectivity index (χ0n) is 17.2. The molecule has 7 nitrogen and oxygen atoms in total. The van der Waals surface area contributed by atoms with Gasteiger partial charge >= 0.3 is 0 Å². The predicted molar refractivity (Wildman–Crippen MR) is 120 cm³/mol. The molecule has 0 atom stereocenters. The summed E-state index contributed by atoms with van der Waals surface area (Å²) >= 11 is 0. The molecule has 0 bridgehead atoms. The number of hydrogen-bond acceptors (Lipinski definition) is 5. The Balaban J connectivity index is 1.69. The third-order valence-electron chi connectivity index (χ3n) is 4.77. The van der Waals surface area contributed by atoms with Gasteiger partial charge in [-0.1, -0.05) is 60.7 Å². The molecule has 0 unspecified atom stereocenters. The predicted octanol–water partition coefficient (Wildman–Crippen LogP) is 4.07. The van der Waals surface area contributed by atoms with Crippen LogP contribution in [0.5, 0.6) is 5.75 Å². The molecule has 0 fully saturated rings. The third kappa shape index (κ3) is 4.51. The molecular formula is C24H21N5O2. The second-order valence-corrected chi connectivity index (χ2v) is 6.83. The molecule has 0 spiro atoms. The molecule has 1 amide bonds. The van der Waals surface area contributed by atoms with E-state index in [1.165, 1.54) is 0 Å². The smallest absolute Gasteiger partial charge is 0.256 e. The minimum atomic E-state index is -0.231. The number of ether oxygens (including phenoxy) is 1. The van der Waals surface area contributed by atoms with Crippen molar-refractivity contribution in [2.45, 2.75) is 0 Å². The van der Waals surface area contributed by atoms with Crippen molar-refractivity contribution in [1.82, 2.24) is 20.2 Å². The summed E-state index contributed by atoms with van der Waals surface area (Å²) in [4.78, 5) is 13.3. The van der Waals surface area contributed by atoms with Gasteiger partial charge in [0.1, 0.15) is 5.75 Å². The number of carbonyl (C=O) groups is 1. The Morgan fingerprint density at radius 3 is 2.52 bits per heavy atom. The fraction of sp³-hybridized carbons (Fsp3) is 0.0833. The van der Waals surface area contributed by atoms with Gasteiger partial charge in [0.05, 0.1) is 7.11 Å². The number of para-hydroxylation sites is 1. The number of aromatic nitrogens is 4. The van der Waals surface area contributed by atoms with Crippen molar-refractivity contribution in [2.24, 2.45) is 7.05 Å². The molecule has 7 heteroatoms. The third-order valence-corrected chi connectivity index (χ3v) is 4.77. The Bertz CT molecular complexity index is 1230. The highest BCUT2D eigenvalue weighted by Gasteiger charge is 2.15. The summed E-state index contributed by atoms with van der Waals surface area (Å²) in [6.07, 6.45) is 1.83. The molecule has 0 radical (unpaired) electrons. The molecule has 154 valence electrons. The topological polar surface area (TPSA) is 81.9 Å². The summed E-state index contributed by atoms with van der Waals surface area (Å²) in [7, 11) is 3.38. The van der Waals surface area contributed by atoms with Crippen LogP contribution in [0.15, 0.2) is 78.9 Å². The standard InChI is InChI=1S/C24H21N5O2/c1-29-23(26-27-28-29)19-12-8-13-20(15-19)25-24(30)21(17-9-4-3-5-10-17)16-18-11-6-7-14-22(18)31-2/h3-16H,1-2H3,(H,25,30)/b21-16+. The minimum absolute atomic E-state index is 0.231. The summed E-state index contributed by atoms with van der Waals surface area (Å²) in [6.45, 7) is 0. The van der Waals surface area contributed by atoms with Gasteiger partial charge in [-0.3, -0.25) is 4.79 Å². The lowest BCUT2D eigenvalue weighted by Crippen LogP contribution is -2.14. The number of nitrogens with zero attached hydrogens (tertiary/aromatic N) is 4. The summed E-state index contributed by atoms with van der Waals surface area (Å²) in [5.74, 6) is 1.08. The first-order chi connectivity index (χ1) is 15.2. The fourth-order valence-corrected chi connectivity index (χ4v) is 3.25. The van der Waals surface area contributed by atoms with Crippen LogP contribution < -0.4 is 10.1 Å². The number of amides is 1. The van der Waals surface area contributed by atoms with E-state index in [4.69, 9.17) is 4.74 Å². The Hall–Kier alpha value is -4.26. The molecule has 4 aromatic rings. The van der Waals surface area contributed by atoms with Crippen molar-refractivity contribution >= 4 is 23.2 Å². The minimum Gasteiger partial charge on any atom is -0.496 e. The van der Waals surface area contributed by atoms with Gasteiger partial charge < -0.3 is 10.1 Å². The number of carbonyl (C=O) groups excluding carboxylic acids is 1. The average molecular weight is 411 g/mol. The van der Waals surface area contributed by atoms with Gasteiger partial charge in [-0.15, -0.1) is 5.10 Å².